The number of hydrogen-bond donors (Lipinski definition) is 3. The second-order valence-electron chi connectivity index (χ2n) is 10.8. The zero-order chi connectivity index (χ0) is 29.6. The molecule has 1 heterocycles. The predicted octanol–water partition coefficient (Wildman–Crippen LogP) is 4.22. The van der Waals surface area contributed by atoms with Crippen molar-refractivity contribution in [2.45, 2.75) is 63.6 Å². The van der Waals surface area contributed by atoms with Crippen LogP contribution in [0.25, 0.3) is 0 Å². The highest BCUT2D eigenvalue weighted by Crippen LogP contribution is 2.34. The van der Waals surface area contributed by atoms with E-state index in [1.165, 1.54) is 10.5 Å². The molecule has 0 saturated heterocycles. The number of fused-ring (bicyclic) bond motifs is 2. The van der Waals surface area contributed by atoms with Crippen molar-refractivity contribution < 1.29 is 19.2 Å². The molecule has 9 heteroatoms. The minimum Gasteiger partial charge on any atom is -0.342 e. The first-order valence-corrected chi connectivity index (χ1v) is 14.8. The van der Waals surface area contributed by atoms with E-state index < -0.39 is 23.9 Å². The quantitative estimate of drug-likeness (QED) is 0.307. The first kappa shape index (κ1) is 29.5. The molecule has 0 unspecified atom stereocenters. The zero-order valence-electron chi connectivity index (χ0n) is 23.4. The Kier molecular flexibility index (Phi) is 9.35. The van der Waals surface area contributed by atoms with Crippen LogP contribution in [-0.4, -0.2) is 47.0 Å². The van der Waals surface area contributed by atoms with Gasteiger partial charge in [-0.15, -0.1) is 0 Å². The summed E-state index contributed by atoms with van der Waals surface area (Å²) in [7, 11) is 0. The van der Waals surface area contributed by atoms with Crippen molar-refractivity contribution in [3.63, 3.8) is 0 Å². The van der Waals surface area contributed by atoms with Crippen LogP contribution in [0.5, 0.6) is 0 Å². The molecule has 0 fully saturated rings. The van der Waals surface area contributed by atoms with Crippen molar-refractivity contribution in [3.05, 3.63) is 99.6 Å². The Balaban J connectivity index is 1.30. The maximum absolute atomic E-state index is 13.7. The fourth-order valence-electron chi connectivity index (χ4n) is 5.79. The normalized spacial score (nSPS) is 16.2. The number of nitrogens with zero attached hydrogens (tertiary/aromatic N) is 1. The van der Waals surface area contributed by atoms with Gasteiger partial charge in [0.2, 0.25) is 17.7 Å². The maximum Gasteiger partial charge on any atom is 0.247 e. The van der Waals surface area contributed by atoms with Crippen molar-refractivity contribution in [2.24, 2.45) is 5.73 Å². The van der Waals surface area contributed by atoms with E-state index >= 15 is 0 Å². The van der Waals surface area contributed by atoms with Crippen molar-refractivity contribution in [1.29, 1.82) is 0 Å². The van der Waals surface area contributed by atoms with Gasteiger partial charge in [-0.05, 0) is 60.5 Å². The van der Waals surface area contributed by atoms with Crippen molar-refractivity contribution >= 4 is 40.8 Å². The Morgan fingerprint density at radius 1 is 0.905 bits per heavy atom. The second-order valence-corrected chi connectivity index (χ2v) is 11.2. The predicted molar refractivity (Wildman–Crippen MR) is 162 cm³/mol. The number of benzene rings is 3. The third kappa shape index (κ3) is 6.55. The molecule has 3 amide bonds. The van der Waals surface area contributed by atoms with Crippen molar-refractivity contribution in [3.8, 4) is 0 Å². The van der Waals surface area contributed by atoms with Gasteiger partial charge < -0.3 is 21.3 Å². The lowest BCUT2D eigenvalue weighted by Gasteiger charge is -2.36. The first-order valence-electron chi connectivity index (χ1n) is 14.4. The molecule has 3 aromatic rings. The topological polar surface area (TPSA) is 122 Å². The lowest BCUT2D eigenvalue weighted by atomic mass is 9.92. The molecule has 218 valence electrons. The molecule has 5 rings (SSSR count). The van der Waals surface area contributed by atoms with Gasteiger partial charge in [0.25, 0.3) is 0 Å². The molecule has 1 aliphatic carbocycles. The molecule has 2 atom stereocenters. The lowest BCUT2D eigenvalue weighted by Crippen LogP contribution is -2.56. The van der Waals surface area contributed by atoms with Gasteiger partial charge in [-0.3, -0.25) is 19.2 Å². The average molecular weight is 587 g/mol. The SMILES string of the molecule is NCC[C@H](NC(=O)[C@@H]1Cc2ccccc2CN1C(=O)CCC(=O)c1ccccc1)C(=O)Nc1ccc2c(c1Cl)CCC2. The summed E-state index contributed by atoms with van der Waals surface area (Å²) in [6.07, 6.45) is 3.38. The number of hydrogen-bond acceptors (Lipinski definition) is 5. The minimum absolute atomic E-state index is 0.0246. The van der Waals surface area contributed by atoms with Gasteiger partial charge in [0.15, 0.2) is 5.78 Å². The first-order chi connectivity index (χ1) is 20.4. The Labute approximate surface area is 250 Å². The number of Topliss-reactive ketones (excluding diaryl/α,β-unsaturated/α-hetero) is 1. The smallest absolute Gasteiger partial charge is 0.247 e. The summed E-state index contributed by atoms with van der Waals surface area (Å²) in [5.74, 6) is -1.29. The van der Waals surface area contributed by atoms with Gasteiger partial charge in [-0.1, -0.05) is 72.3 Å². The number of nitrogens with one attached hydrogen (secondary N) is 2. The monoisotopic (exact) mass is 586 g/mol. The summed E-state index contributed by atoms with van der Waals surface area (Å²) in [6, 6.07) is 18.5. The molecule has 4 N–H and O–H groups in total. The maximum atomic E-state index is 13.7. The zero-order valence-corrected chi connectivity index (χ0v) is 24.2. The summed E-state index contributed by atoms with van der Waals surface area (Å²) in [5.41, 5.74) is 11.0. The van der Waals surface area contributed by atoms with E-state index in [1.807, 2.05) is 36.4 Å². The van der Waals surface area contributed by atoms with Gasteiger partial charge in [-0.25, -0.2) is 0 Å². The third-order valence-electron chi connectivity index (χ3n) is 8.09. The van der Waals surface area contributed by atoms with Crippen LogP contribution in [0.1, 0.15) is 58.3 Å². The molecule has 0 saturated carbocycles. The Morgan fingerprint density at radius 3 is 2.40 bits per heavy atom. The van der Waals surface area contributed by atoms with E-state index in [1.54, 1.807) is 30.3 Å². The van der Waals surface area contributed by atoms with E-state index in [-0.39, 0.29) is 44.0 Å². The molecule has 0 aromatic heterocycles. The summed E-state index contributed by atoms with van der Waals surface area (Å²) in [4.78, 5) is 54.7. The van der Waals surface area contributed by atoms with Crippen LogP contribution < -0.4 is 16.4 Å². The molecule has 42 heavy (non-hydrogen) atoms. The highest BCUT2D eigenvalue weighted by Gasteiger charge is 2.36. The Morgan fingerprint density at radius 2 is 1.64 bits per heavy atom. The summed E-state index contributed by atoms with van der Waals surface area (Å²) >= 11 is 6.61. The van der Waals surface area contributed by atoms with E-state index in [0.717, 1.165) is 36.0 Å². The molecule has 0 spiro atoms. The number of amides is 3. The van der Waals surface area contributed by atoms with Crippen LogP contribution in [0, 0.1) is 0 Å². The van der Waals surface area contributed by atoms with Crippen LogP contribution in [0.4, 0.5) is 5.69 Å². The number of carbonyl (C=O) groups is 4. The third-order valence-corrected chi connectivity index (χ3v) is 8.52. The standard InChI is InChI=1S/C33H35ClN4O4/c34-31-25-12-6-11-21(25)13-14-26(31)36-32(41)27(17-18-35)37-33(42)28-19-23-9-4-5-10-24(23)20-38(28)30(40)16-15-29(39)22-7-2-1-3-8-22/h1-5,7-10,13-14,27-28H,6,11-12,15-20,35H2,(H,36,41)(H,37,42)/t27-,28-/m0/s1. The molecule has 2 aliphatic rings. The lowest BCUT2D eigenvalue weighted by molar-refractivity contribution is -0.142. The highest BCUT2D eigenvalue weighted by atomic mass is 35.5. The number of anilines is 1. The fourth-order valence-corrected chi connectivity index (χ4v) is 6.12. The number of nitrogens with two attached hydrogens (primary N) is 1. The van der Waals surface area contributed by atoms with Crippen LogP contribution in [0.3, 0.4) is 0 Å². The van der Waals surface area contributed by atoms with Crippen LogP contribution in [-0.2, 0) is 40.2 Å². The molecular weight excluding hydrogens is 552 g/mol. The Hall–Kier alpha value is -4.01. The van der Waals surface area contributed by atoms with E-state index in [4.69, 9.17) is 17.3 Å². The van der Waals surface area contributed by atoms with Gasteiger partial charge in [0.05, 0.1) is 10.7 Å². The molecule has 1 aliphatic heterocycles. The molecule has 0 bridgehead atoms. The van der Waals surface area contributed by atoms with Crippen molar-refractivity contribution in [1.82, 2.24) is 10.2 Å². The minimum atomic E-state index is -0.916. The van der Waals surface area contributed by atoms with E-state index in [2.05, 4.69) is 10.6 Å². The molecule has 3 aromatic carbocycles. The van der Waals surface area contributed by atoms with Gasteiger partial charge >= 0.3 is 0 Å². The van der Waals surface area contributed by atoms with E-state index in [0.29, 0.717) is 22.7 Å². The molecular formula is C33H35ClN4O4. The van der Waals surface area contributed by atoms with Gasteiger partial charge in [0.1, 0.15) is 12.1 Å². The van der Waals surface area contributed by atoms with Crippen molar-refractivity contribution in [2.75, 3.05) is 11.9 Å². The van der Waals surface area contributed by atoms with Gasteiger partial charge in [0, 0.05) is 31.4 Å². The van der Waals surface area contributed by atoms with Crippen LogP contribution in [0.15, 0.2) is 66.7 Å². The molecule has 8 nitrogen and oxygen atoms in total. The number of carbonyl (C=O) groups excluding carboxylic acids is 4. The van der Waals surface area contributed by atoms with Gasteiger partial charge in [-0.2, -0.15) is 0 Å². The number of ketones is 1. The number of halogens is 1. The summed E-state index contributed by atoms with van der Waals surface area (Å²) in [6.45, 7) is 0.416. The summed E-state index contributed by atoms with van der Waals surface area (Å²) in [5, 5.41) is 6.25. The fraction of sp³-hybridized carbons (Fsp3) is 0.333. The van der Waals surface area contributed by atoms with Crippen LogP contribution >= 0.6 is 11.6 Å². The second kappa shape index (κ2) is 13.3. The Bertz CT molecular complexity index is 1490. The van der Waals surface area contributed by atoms with Crippen LogP contribution in [0.2, 0.25) is 5.02 Å². The number of rotatable bonds is 10. The molecule has 0 radical (unpaired) electrons. The van der Waals surface area contributed by atoms with E-state index in [9.17, 15) is 19.2 Å². The average Bonchev–Trinajstić information content (AvgIpc) is 3.50. The highest BCUT2D eigenvalue weighted by molar-refractivity contribution is 6.34. The largest absolute Gasteiger partial charge is 0.342 e. The summed E-state index contributed by atoms with van der Waals surface area (Å²) < 4.78 is 0. The number of aryl methyl sites for hydroxylation is 1.